The second kappa shape index (κ2) is 4.32. The third-order valence-corrected chi connectivity index (χ3v) is 5.92. The van der Waals surface area contributed by atoms with Gasteiger partial charge in [0.2, 0.25) is 6.79 Å². The fraction of sp³-hybridized carbons (Fsp3) is 0.350. The van der Waals surface area contributed by atoms with Crippen molar-refractivity contribution < 1.29 is 14.2 Å². The zero-order valence-corrected chi connectivity index (χ0v) is 13.3. The van der Waals surface area contributed by atoms with Crippen LogP contribution in [0.2, 0.25) is 0 Å². The largest absolute Gasteiger partial charge is 0.492 e. The van der Waals surface area contributed by atoms with E-state index < -0.39 is 0 Å². The van der Waals surface area contributed by atoms with Crippen molar-refractivity contribution in [3.05, 3.63) is 36.0 Å². The SMILES string of the molecule is c1nc2c(ccc3cc4c(cc32)OCO4)c2c1C1(CCCC1)CO2. The van der Waals surface area contributed by atoms with Crippen LogP contribution in [0.25, 0.3) is 21.7 Å². The first-order chi connectivity index (χ1) is 11.8. The van der Waals surface area contributed by atoms with Crippen LogP contribution in [0.4, 0.5) is 0 Å². The molecule has 3 aromatic rings. The number of fused-ring (bicyclic) bond motifs is 7. The van der Waals surface area contributed by atoms with Crippen molar-refractivity contribution in [3.63, 3.8) is 0 Å². The summed E-state index contributed by atoms with van der Waals surface area (Å²) in [6.07, 6.45) is 7.09. The van der Waals surface area contributed by atoms with E-state index >= 15 is 0 Å². The fourth-order valence-corrected chi connectivity index (χ4v) is 4.64. The van der Waals surface area contributed by atoms with Crippen molar-refractivity contribution in [1.82, 2.24) is 4.98 Å². The summed E-state index contributed by atoms with van der Waals surface area (Å²) in [5.41, 5.74) is 2.51. The summed E-state index contributed by atoms with van der Waals surface area (Å²) in [4.78, 5) is 4.85. The molecule has 0 amide bonds. The molecule has 24 heavy (non-hydrogen) atoms. The fourth-order valence-electron chi connectivity index (χ4n) is 4.64. The van der Waals surface area contributed by atoms with E-state index in [1.807, 2.05) is 12.1 Å². The van der Waals surface area contributed by atoms with Crippen molar-refractivity contribution in [2.45, 2.75) is 31.1 Å². The molecule has 4 heteroatoms. The Morgan fingerprint density at radius 2 is 1.75 bits per heavy atom. The number of hydrogen-bond acceptors (Lipinski definition) is 4. The zero-order chi connectivity index (χ0) is 15.7. The summed E-state index contributed by atoms with van der Waals surface area (Å²) >= 11 is 0. The van der Waals surface area contributed by atoms with E-state index in [2.05, 4.69) is 18.3 Å². The predicted molar refractivity (Wildman–Crippen MR) is 91.0 cm³/mol. The number of aromatic nitrogens is 1. The maximum atomic E-state index is 6.20. The van der Waals surface area contributed by atoms with Gasteiger partial charge < -0.3 is 14.2 Å². The van der Waals surface area contributed by atoms with Gasteiger partial charge in [-0.3, -0.25) is 4.98 Å². The molecule has 6 rings (SSSR count). The molecule has 1 aromatic heterocycles. The van der Waals surface area contributed by atoms with Crippen LogP contribution < -0.4 is 14.2 Å². The molecule has 3 heterocycles. The molecule has 2 aromatic carbocycles. The van der Waals surface area contributed by atoms with E-state index in [0.29, 0.717) is 0 Å². The number of ether oxygens (including phenoxy) is 3. The smallest absolute Gasteiger partial charge is 0.231 e. The number of rotatable bonds is 0. The lowest BCUT2D eigenvalue weighted by Gasteiger charge is -2.20. The predicted octanol–water partition coefficient (Wildman–Crippen LogP) is 4.32. The van der Waals surface area contributed by atoms with Crippen LogP contribution in [-0.2, 0) is 5.41 Å². The van der Waals surface area contributed by atoms with Gasteiger partial charge in [0.15, 0.2) is 11.5 Å². The van der Waals surface area contributed by atoms with Gasteiger partial charge in [-0.1, -0.05) is 18.9 Å². The van der Waals surface area contributed by atoms with E-state index in [9.17, 15) is 0 Å². The Hall–Kier alpha value is -2.49. The highest BCUT2D eigenvalue weighted by atomic mass is 16.7. The van der Waals surface area contributed by atoms with Gasteiger partial charge in [-0.15, -0.1) is 0 Å². The minimum Gasteiger partial charge on any atom is -0.492 e. The Kier molecular flexibility index (Phi) is 2.32. The minimum atomic E-state index is 0.209. The highest BCUT2D eigenvalue weighted by Gasteiger charge is 2.43. The topological polar surface area (TPSA) is 40.6 Å². The number of hydrogen-bond donors (Lipinski definition) is 0. The van der Waals surface area contributed by atoms with Gasteiger partial charge >= 0.3 is 0 Å². The van der Waals surface area contributed by atoms with Crippen LogP contribution in [0.5, 0.6) is 17.2 Å². The molecule has 4 nitrogen and oxygen atoms in total. The average molecular weight is 319 g/mol. The third-order valence-electron chi connectivity index (χ3n) is 5.92. The van der Waals surface area contributed by atoms with Crippen molar-refractivity contribution in [2.75, 3.05) is 13.4 Å². The molecule has 0 N–H and O–H groups in total. The summed E-state index contributed by atoms with van der Waals surface area (Å²) < 4.78 is 17.2. The zero-order valence-electron chi connectivity index (χ0n) is 13.3. The molecule has 1 fully saturated rings. The third kappa shape index (κ3) is 1.51. The number of pyridine rings is 1. The van der Waals surface area contributed by atoms with Gasteiger partial charge in [0.1, 0.15) is 5.75 Å². The molecule has 0 unspecified atom stereocenters. The molecule has 0 saturated heterocycles. The van der Waals surface area contributed by atoms with Crippen LogP contribution >= 0.6 is 0 Å². The van der Waals surface area contributed by atoms with E-state index in [1.165, 1.54) is 31.2 Å². The van der Waals surface area contributed by atoms with Crippen molar-refractivity contribution in [3.8, 4) is 17.2 Å². The molecule has 1 aliphatic carbocycles. The number of nitrogens with zero attached hydrogens (tertiary/aromatic N) is 1. The molecule has 120 valence electrons. The second-order valence-electron chi connectivity index (χ2n) is 7.17. The standard InChI is InChI=1S/C20H17NO3/c1-2-6-20(5-1)10-22-19-13-4-3-12-7-16-17(24-11-23-16)8-14(12)18(13)21-9-15(19)20/h3-4,7-9H,1-2,5-6,10-11H2. The van der Waals surface area contributed by atoms with Gasteiger partial charge in [-0.25, -0.2) is 0 Å². The van der Waals surface area contributed by atoms with E-state index in [0.717, 1.165) is 45.5 Å². The van der Waals surface area contributed by atoms with Crippen LogP contribution in [0.15, 0.2) is 30.5 Å². The minimum absolute atomic E-state index is 0.209. The number of benzene rings is 2. The highest BCUT2D eigenvalue weighted by Crippen LogP contribution is 2.51. The molecule has 2 aliphatic heterocycles. The summed E-state index contributed by atoms with van der Waals surface area (Å²) in [5.74, 6) is 2.65. The lowest BCUT2D eigenvalue weighted by Crippen LogP contribution is -2.23. The summed E-state index contributed by atoms with van der Waals surface area (Å²) in [6.45, 7) is 1.10. The van der Waals surface area contributed by atoms with Crippen LogP contribution in [0.3, 0.4) is 0 Å². The first-order valence-corrected chi connectivity index (χ1v) is 8.62. The first-order valence-electron chi connectivity index (χ1n) is 8.62. The van der Waals surface area contributed by atoms with Gasteiger partial charge in [-0.2, -0.15) is 0 Å². The monoisotopic (exact) mass is 319 g/mol. The lowest BCUT2D eigenvalue weighted by molar-refractivity contribution is 0.174. The molecule has 1 spiro atoms. The van der Waals surface area contributed by atoms with Crippen LogP contribution in [0.1, 0.15) is 31.2 Å². The summed E-state index contributed by atoms with van der Waals surface area (Å²) in [7, 11) is 0. The molecule has 0 radical (unpaired) electrons. The lowest BCUT2D eigenvalue weighted by atomic mass is 9.81. The van der Waals surface area contributed by atoms with E-state index in [4.69, 9.17) is 19.2 Å². The average Bonchev–Trinajstić information content (AvgIpc) is 3.34. The highest BCUT2D eigenvalue weighted by molar-refractivity contribution is 6.08. The molecule has 0 atom stereocenters. The van der Waals surface area contributed by atoms with Crippen molar-refractivity contribution in [1.29, 1.82) is 0 Å². The van der Waals surface area contributed by atoms with Crippen LogP contribution in [0, 0.1) is 0 Å². The first kappa shape index (κ1) is 12.9. The van der Waals surface area contributed by atoms with Crippen molar-refractivity contribution in [2.24, 2.45) is 0 Å². The molecule has 1 saturated carbocycles. The van der Waals surface area contributed by atoms with Gasteiger partial charge in [0.05, 0.1) is 12.1 Å². The molecular weight excluding hydrogens is 302 g/mol. The Morgan fingerprint density at radius 1 is 0.917 bits per heavy atom. The maximum absolute atomic E-state index is 6.20. The quantitative estimate of drug-likeness (QED) is 0.579. The van der Waals surface area contributed by atoms with Crippen LogP contribution in [-0.4, -0.2) is 18.4 Å². The van der Waals surface area contributed by atoms with Gasteiger partial charge in [0, 0.05) is 27.9 Å². The molecule has 3 aliphatic rings. The van der Waals surface area contributed by atoms with E-state index in [1.54, 1.807) is 0 Å². The Bertz CT molecular complexity index is 1000. The Balaban J connectivity index is 1.64. The Labute approximate surface area is 139 Å². The summed E-state index contributed by atoms with van der Waals surface area (Å²) in [6, 6.07) is 8.34. The Morgan fingerprint density at radius 3 is 2.62 bits per heavy atom. The van der Waals surface area contributed by atoms with E-state index in [-0.39, 0.29) is 12.2 Å². The molecule has 0 bridgehead atoms. The van der Waals surface area contributed by atoms with Gasteiger partial charge in [-0.05, 0) is 36.4 Å². The van der Waals surface area contributed by atoms with Gasteiger partial charge in [0.25, 0.3) is 0 Å². The maximum Gasteiger partial charge on any atom is 0.231 e. The normalized spacial score (nSPS) is 20.0. The van der Waals surface area contributed by atoms with Crippen molar-refractivity contribution >= 4 is 21.7 Å². The molecular formula is C20H17NO3. The second-order valence-corrected chi connectivity index (χ2v) is 7.17. The summed E-state index contributed by atoms with van der Waals surface area (Å²) in [5, 5.41) is 3.32.